The number of barbiturate groups is 1. The van der Waals surface area contributed by atoms with E-state index in [1.165, 1.54) is 53.2 Å². The number of urea groups is 1. The molecule has 1 saturated carbocycles. The van der Waals surface area contributed by atoms with Crippen molar-refractivity contribution < 1.29 is 14.4 Å². The molecule has 280 valence electrons. The number of hydrogen-bond donors (Lipinski definition) is 0. The Morgan fingerprint density at radius 3 is 1.40 bits per heavy atom. The van der Waals surface area contributed by atoms with Crippen molar-refractivity contribution in [2.75, 3.05) is 13.1 Å². The molecule has 2 aromatic heterocycles. The van der Waals surface area contributed by atoms with Crippen molar-refractivity contribution in [3.63, 3.8) is 0 Å². The quantitative estimate of drug-likeness (QED) is 0.104. The van der Waals surface area contributed by atoms with Crippen LogP contribution in [-0.4, -0.2) is 49.9 Å². The standard InChI is InChI=1S/C48H50N4O3/c1-5-9-30-51-38(36-22-12-18-32-20-14-24-40(51)43(32)36)28-26-34-16-11-17-35(42(34)45-46(53)49(7-3)48(55)50(8-4)47(45)54)27-29-39-37-23-13-19-33-21-15-25-41(44(33)37)52(39)31-10-6-2/h12-15,18-29H,5-11,16-17,30-31H2,1-4H3/b34-26-,35-27+,38-28+,39-29+. The first-order valence-corrected chi connectivity index (χ1v) is 20.2. The minimum absolute atomic E-state index is 0.0941. The number of amides is 4. The first kappa shape index (κ1) is 36.3. The van der Waals surface area contributed by atoms with E-state index in [9.17, 15) is 14.4 Å². The van der Waals surface area contributed by atoms with Gasteiger partial charge in [-0.05, 0) is 97.7 Å². The summed E-state index contributed by atoms with van der Waals surface area (Å²) in [5.74, 6) is -1.03. The molecule has 4 aromatic carbocycles. The molecule has 1 aliphatic heterocycles. The van der Waals surface area contributed by atoms with Crippen LogP contribution in [0, 0.1) is 0 Å². The highest BCUT2D eigenvalue weighted by Gasteiger charge is 2.43. The van der Waals surface area contributed by atoms with Crippen LogP contribution in [0.25, 0.3) is 55.5 Å². The van der Waals surface area contributed by atoms with Gasteiger partial charge in [-0.2, -0.15) is 0 Å². The number of hydrogen-bond acceptors (Lipinski definition) is 3. The lowest BCUT2D eigenvalue weighted by Crippen LogP contribution is -2.56. The first-order valence-electron chi connectivity index (χ1n) is 20.2. The van der Waals surface area contributed by atoms with Crippen molar-refractivity contribution in [3.8, 4) is 0 Å². The fourth-order valence-corrected chi connectivity index (χ4v) is 8.93. The molecule has 6 aromatic rings. The highest BCUT2D eigenvalue weighted by Crippen LogP contribution is 2.39. The highest BCUT2D eigenvalue weighted by molar-refractivity contribution is 6.30. The van der Waals surface area contributed by atoms with Crippen LogP contribution in [0.2, 0.25) is 0 Å². The second kappa shape index (κ2) is 15.2. The number of unbranched alkanes of at least 4 members (excludes halogenated alkanes) is 2. The maximum atomic E-state index is 14.3. The summed E-state index contributed by atoms with van der Waals surface area (Å²) in [7, 11) is 0. The second-order valence-electron chi connectivity index (χ2n) is 14.8. The maximum absolute atomic E-state index is 14.3. The molecule has 2 aliphatic rings. The number of aromatic nitrogens is 2. The minimum Gasteiger partial charge on any atom is -0.340 e. The van der Waals surface area contributed by atoms with E-state index in [0.29, 0.717) is 18.4 Å². The number of carbonyl (C=O) groups is 3. The minimum atomic E-state index is -0.549. The molecule has 2 fully saturated rings. The van der Waals surface area contributed by atoms with Gasteiger partial charge in [-0.25, -0.2) is 4.79 Å². The summed E-state index contributed by atoms with van der Waals surface area (Å²) in [6, 6.07) is 25.4. The van der Waals surface area contributed by atoms with Gasteiger partial charge >= 0.3 is 6.03 Å². The van der Waals surface area contributed by atoms with Gasteiger partial charge in [0, 0.05) is 69.5 Å². The summed E-state index contributed by atoms with van der Waals surface area (Å²) in [4.78, 5) is 44.5. The predicted octanol–water partition coefficient (Wildman–Crippen LogP) is 9.37. The van der Waals surface area contributed by atoms with E-state index < -0.39 is 17.8 Å². The number of rotatable bonds is 10. The first-order chi connectivity index (χ1) is 26.9. The fourth-order valence-electron chi connectivity index (χ4n) is 8.93. The fraction of sp³-hybridized carbons (Fsp3) is 0.312. The van der Waals surface area contributed by atoms with Crippen molar-refractivity contribution in [2.45, 2.75) is 85.7 Å². The van der Waals surface area contributed by atoms with E-state index in [1.807, 2.05) is 0 Å². The van der Waals surface area contributed by atoms with Gasteiger partial charge in [0.15, 0.2) is 0 Å². The molecule has 0 N–H and O–H groups in total. The van der Waals surface area contributed by atoms with Crippen molar-refractivity contribution in [1.82, 2.24) is 18.9 Å². The number of imide groups is 2. The van der Waals surface area contributed by atoms with Crippen LogP contribution in [0.15, 0.2) is 107 Å². The van der Waals surface area contributed by atoms with Crippen LogP contribution in [0.4, 0.5) is 4.79 Å². The number of nitrogens with zero attached hydrogens (tertiary/aromatic N) is 4. The van der Waals surface area contributed by atoms with Crippen LogP contribution >= 0.6 is 0 Å². The van der Waals surface area contributed by atoms with E-state index >= 15 is 0 Å². The molecule has 8 rings (SSSR count). The van der Waals surface area contributed by atoms with Crippen LogP contribution in [0.3, 0.4) is 0 Å². The number of carbonyl (C=O) groups excluding carboxylic acids is 3. The zero-order valence-corrected chi connectivity index (χ0v) is 32.5. The largest absolute Gasteiger partial charge is 0.340 e. The molecule has 0 atom stereocenters. The molecular formula is C48H50N4O3. The van der Waals surface area contributed by atoms with E-state index in [2.05, 4.69) is 120 Å². The van der Waals surface area contributed by atoms with Crippen LogP contribution in [-0.2, 0) is 22.7 Å². The number of aryl methyl sites for hydroxylation is 2. The van der Waals surface area contributed by atoms with Crippen LogP contribution in [0.5, 0.6) is 0 Å². The van der Waals surface area contributed by atoms with E-state index in [0.717, 1.165) is 67.0 Å². The maximum Gasteiger partial charge on any atom is 0.333 e. The Morgan fingerprint density at radius 1 is 0.545 bits per heavy atom. The Morgan fingerprint density at radius 2 is 0.982 bits per heavy atom. The molecule has 7 nitrogen and oxygen atoms in total. The molecule has 1 saturated heterocycles. The van der Waals surface area contributed by atoms with E-state index in [4.69, 9.17) is 0 Å². The summed E-state index contributed by atoms with van der Waals surface area (Å²) in [5, 5.41) is 9.58. The molecule has 55 heavy (non-hydrogen) atoms. The van der Waals surface area contributed by atoms with Gasteiger partial charge in [-0.15, -0.1) is 0 Å². The Labute approximate surface area is 322 Å². The average molecular weight is 731 g/mol. The van der Waals surface area contributed by atoms with E-state index in [1.54, 1.807) is 13.8 Å². The topological polar surface area (TPSA) is 67.6 Å². The van der Waals surface area contributed by atoms with Gasteiger partial charge in [0.05, 0.1) is 0 Å². The summed E-state index contributed by atoms with van der Waals surface area (Å²) in [6.45, 7) is 10.2. The third-order valence-electron chi connectivity index (χ3n) is 11.6. The molecule has 0 bridgehead atoms. The Balaban J connectivity index is 1.39. The smallest absolute Gasteiger partial charge is 0.333 e. The summed E-state index contributed by atoms with van der Waals surface area (Å²) >= 11 is 0. The van der Waals surface area contributed by atoms with Gasteiger partial charge < -0.3 is 9.13 Å². The van der Waals surface area contributed by atoms with Crippen LogP contribution < -0.4 is 10.7 Å². The lowest BCUT2D eigenvalue weighted by Gasteiger charge is -2.35. The average Bonchev–Trinajstić information content (AvgIpc) is 3.68. The van der Waals surface area contributed by atoms with Crippen LogP contribution in [0.1, 0.15) is 72.6 Å². The van der Waals surface area contributed by atoms with Gasteiger partial charge in [-0.3, -0.25) is 19.4 Å². The zero-order valence-electron chi connectivity index (χ0n) is 32.5. The third kappa shape index (κ3) is 6.10. The summed E-state index contributed by atoms with van der Waals surface area (Å²) in [5.41, 5.74) is 5.08. The van der Waals surface area contributed by atoms with Gasteiger partial charge in [0.2, 0.25) is 0 Å². The molecule has 1 aliphatic carbocycles. The number of allylic oxidation sites excluding steroid dienone is 5. The molecular weight excluding hydrogens is 681 g/mol. The van der Waals surface area contributed by atoms with Gasteiger partial charge in [0.25, 0.3) is 11.8 Å². The zero-order chi connectivity index (χ0) is 38.2. The Hall–Kier alpha value is -5.69. The Kier molecular flexibility index (Phi) is 10.0. The molecule has 0 unspecified atom stereocenters. The normalized spacial score (nSPS) is 18.1. The lowest BCUT2D eigenvalue weighted by molar-refractivity contribution is -0.135. The SMILES string of the molecule is CCCCn1/c(=C/C=C2/CCC/C(=C\C=c3/c4cccc5cccc(c54)n3CCCC)C2=C2C(=O)N(CC)C(=O)N(CC)C2=O)c2cccc3cccc1c32. The highest BCUT2D eigenvalue weighted by atomic mass is 16.2. The summed E-state index contributed by atoms with van der Waals surface area (Å²) in [6.07, 6.45) is 15.2. The number of benzene rings is 4. The molecule has 0 spiro atoms. The van der Waals surface area contributed by atoms with Crippen molar-refractivity contribution in [1.29, 1.82) is 0 Å². The third-order valence-corrected chi connectivity index (χ3v) is 11.6. The van der Waals surface area contributed by atoms with Crippen molar-refractivity contribution in [3.05, 3.63) is 118 Å². The van der Waals surface area contributed by atoms with Gasteiger partial charge in [0.1, 0.15) is 5.57 Å². The van der Waals surface area contributed by atoms with Crippen molar-refractivity contribution >= 4 is 73.3 Å². The lowest BCUT2D eigenvalue weighted by atomic mass is 9.80. The predicted molar refractivity (Wildman–Crippen MR) is 225 cm³/mol. The molecule has 7 heteroatoms. The monoisotopic (exact) mass is 730 g/mol. The summed E-state index contributed by atoms with van der Waals surface area (Å²) < 4.78 is 4.84. The molecule has 4 amide bonds. The number of likely N-dealkylation sites (N-methyl/N-ethyl adjacent to an activating group) is 2. The van der Waals surface area contributed by atoms with Crippen molar-refractivity contribution in [2.24, 2.45) is 0 Å². The Bertz CT molecular complexity index is 2510. The second-order valence-corrected chi connectivity index (χ2v) is 14.8. The van der Waals surface area contributed by atoms with Gasteiger partial charge in [-0.1, -0.05) is 99.5 Å². The molecule has 0 radical (unpaired) electrons. The van der Waals surface area contributed by atoms with E-state index in [-0.39, 0.29) is 18.7 Å². The molecule has 3 heterocycles.